The summed E-state index contributed by atoms with van der Waals surface area (Å²) >= 11 is 0. The zero-order valence-corrected chi connectivity index (χ0v) is 11.0. The highest BCUT2D eigenvalue weighted by atomic mass is 16.2. The highest BCUT2D eigenvalue weighted by Gasteiger charge is 2.44. The maximum atomic E-state index is 12.2. The Kier molecular flexibility index (Phi) is 3.73. The van der Waals surface area contributed by atoms with Crippen LogP contribution in [0.25, 0.3) is 0 Å². The van der Waals surface area contributed by atoms with Crippen molar-refractivity contribution in [2.45, 2.75) is 51.1 Å². The standard InChI is InChI=1S/C13H25N3O/c1-3-16-8-4-5-11(9-16)15-12(17)13(2,14)10-6-7-10/h10-11H,3-9,14H2,1-2H3,(H,15,17). The average Bonchev–Trinajstić information content (AvgIpc) is 3.13. The minimum Gasteiger partial charge on any atom is -0.350 e. The van der Waals surface area contributed by atoms with Gasteiger partial charge in [0.05, 0.1) is 5.54 Å². The quantitative estimate of drug-likeness (QED) is 0.760. The second-order valence-corrected chi connectivity index (χ2v) is 5.76. The van der Waals surface area contributed by atoms with Crippen LogP contribution in [0.1, 0.15) is 39.5 Å². The summed E-state index contributed by atoms with van der Waals surface area (Å²) in [4.78, 5) is 14.5. The Morgan fingerprint density at radius 3 is 2.76 bits per heavy atom. The molecule has 1 amide bonds. The summed E-state index contributed by atoms with van der Waals surface area (Å²) in [7, 11) is 0. The van der Waals surface area contributed by atoms with Gasteiger partial charge in [-0.1, -0.05) is 6.92 Å². The Hall–Kier alpha value is -0.610. The number of nitrogens with one attached hydrogen (secondary N) is 1. The SMILES string of the molecule is CCN1CCCC(NC(=O)C(C)(N)C2CC2)C1. The van der Waals surface area contributed by atoms with Gasteiger partial charge in [0.1, 0.15) is 0 Å². The van der Waals surface area contributed by atoms with Gasteiger partial charge in [0.25, 0.3) is 0 Å². The van der Waals surface area contributed by atoms with Crippen LogP contribution in [0, 0.1) is 5.92 Å². The first kappa shape index (κ1) is 12.8. The Morgan fingerprint density at radius 1 is 1.47 bits per heavy atom. The van der Waals surface area contributed by atoms with E-state index in [9.17, 15) is 4.79 Å². The van der Waals surface area contributed by atoms with Gasteiger partial charge < -0.3 is 16.0 Å². The molecule has 1 aliphatic heterocycles. The molecule has 2 unspecified atom stereocenters. The molecule has 3 N–H and O–H groups in total. The lowest BCUT2D eigenvalue weighted by Crippen LogP contribution is -2.58. The summed E-state index contributed by atoms with van der Waals surface area (Å²) < 4.78 is 0. The van der Waals surface area contributed by atoms with Crippen molar-refractivity contribution in [1.29, 1.82) is 0 Å². The maximum Gasteiger partial charge on any atom is 0.240 e. The summed E-state index contributed by atoms with van der Waals surface area (Å²) in [5, 5.41) is 3.14. The summed E-state index contributed by atoms with van der Waals surface area (Å²) in [6, 6.07) is 0.290. The average molecular weight is 239 g/mol. The number of hydrogen-bond acceptors (Lipinski definition) is 3. The molecule has 0 aromatic rings. The third-order valence-electron chi connectivity index (χ3n) is 4.20. The van der Waals surface area contributed by atoms with Crippen molar-refractivity contribution < 1.29 is 4.79 Å². The third kappa shape index (κ3) is 2.99. The van der Waals surface area contributed by atoms with Crippen LogP contribution in [0.3, 0.4) is 0 Å². The van der Waals surface area contributed by atoms with Crippen LogP contribution in [-0.2, 0) is 4.79 Å². The fourth-order valence-corrected chi connectivity index (χ4v) is 2.67. The highest BCUT2D eigenvalue weighted by Crippen LogP contribution is 2.38. The third-order valence-corrected chi connectivity index (χ3v) is 4.20. The summed E-state index contributed by atoms with van der Waals surface area (Å²) in [5.74, 6) is 0.441. The van der Waals surface area contributed by atoms with Crippen LogP contribution in [0.5, 0.6) is 0 Å². The van der Waals surface area contributed by atoms with E-state index in [0.717, 1.165) is 38.9 Å². The molecule has 2 fully saturated rings. The van der Waals surface area contributed by atoms with E-state index in [-0.39, 0.29) is 11.9 Å². The number of likely N-dealkylation sites (N-methyl/N-ethyl adjacent to an activating group) is 1. The van der Waals surface area contributed by atoms with Gasteiger partial charge in [-0.05, 0) is 51.6 Å². The summed E-state index contributed by atoms with van der Waals surface area (Å²) in [6.07, 6.45) is 4.46. The lowest BCUT2D eigenvalue weighted by molar-refractivity contribution is -0.127. The first-order valence-corrected chi connectivity index (χ1v) is 6.86. The van der Waals surface area contributed by atoms with Crippen molar-refractivity contribution in [3.05, 3.63) is 0 Å². The van der Waals surface area contributed by atoms with Crippen LogP contribution in [0.15, 0.2) is 0 Å². The van der Waals surface area contributed by atoms with E-state index in [1.165, 1.54) is 6.42 Å². The molecular formula is C13H25N3O. The van der Waals surface area contributed by atoms with Gasteiger partial charge in [0.15, 0.2) is 0 Å². The molecule has 4 nitrogen and oxygen atoms in total. The molecule has 98 valence electrons. The molecule has 1 heterocycles. The van der Waals surface area contributed by atoms with Gasteiger partial charge in [-0.15, -0.1) is 0 Å². The van der Waals surface area contributed by atoms with Crippen molar-refractivity contribution in [1.82, 2.24) is 10.2 Å². The number of nitrogens with two attached hydrogens (primary N) is 1. The van der Waals surface area contributed by atoms with E-state index < -0.39 is 5.54 Å². The molecule has 0 spiro atoms. The number of carbonyl (C=O) groups excluding carboxylic acids is 1. The van der Waals surface area contributed by atoms with Crippen LogP contribution in [-0.4, -0.2) is 42.0 Å². The molecule has 0 bridgehead atoms. The number of rotatable bonds is 4. The van der Waals surface area contributed by atoms with E-state index >= 15 is 0 Å². The zero-order chi connectivity index (χ0) is 12.5. The highest BCUT2D eigenvalue weighted by molar-refractivity contribution is 5.86. The second-order valence-electron chi connectivity index (χ2n) is 5.76. The van der Waals surface area contributed by atoms with Crippen molar-refractivity contribution >= 4 is 5.91 Å². The van der Waals surface area contributed by atoms with E-state index in [4.69, 9.17) is 5.73 Å². The monoisotopic (exact) mass is 239 g/mol. The fraction of sp³-hybridized carbons (Fsp3) is 0.923. The predicted molar refractivity (Wildman–Crippen MR) is 68.6 cm³/mol. The van der Waals surface area contributed by atoms with Gasteiger partial charge in [0.2, 0.25) is 5.91 Å². The molecule has 2 aliphatic rings. The Bertz CT molecular complexity index is 286. The summed E-state index contributed by atoms with van der Waals surface area (Å²) in [6.45, 7) is 7.24. The molecule has 0 aromatic carbocycles. The summed E-state index contributed by atoms with van der Waals surface area (Å²) in [5.41, 5.74) is 5.47. The lowest BCUT2D eigenvalue weighted by Gasteiger charge is -2.34. The van der Waals surface area contributed by atoms with Crippen molar-refractivity contribution in [2.24, 2.45) is 11.7 Å². The molecule has 1 saturated carbocycles. The molecular weight excluding hydrogens is 214 g/mol. The van der Waals surface area contributed by atoms with E-state index in [1.54, 1.807) is 0 Å². The van der Waals surface area contributed by atoms with Crippen molar-refractivity contribution in [2.75, 3.05) is 19.6 Å². The fourth-order valence-electron chi connectivity index (χ4n) is 2.67. The van der Waals surface area contributed by atoms with Gasteiger partial charge >= 0.3 is 0 Å². The van der Waals surface area contributed by atoms with E-state index in [0.29, 0.717) is 5.92 Å². The van der Waals surface area contributed by atoms with Gasteiger partial charge in [-0.2, -0.15) is 0 Å². The minimum absolute atomic E-state index is 0.0444. The molecule has 0 aromatic heterocycles. The van der Waals surface area contributed by atoms with E-state index in [1.807, 2.05) is 6.92 Å². The zero-order valence-electron chi connectivity index (χ0n) is 11.0. The molecule has 2 rings (SSSR count). The van der Waals surface area contributed by atoms with Crippen molar-refractivity contribution in [3.63, 3.8) is 0 Å². The Morgan fingerprint density at radius 2 is 2.18 bits per heavy atom. The molecule has 2 atom stereocenters. The lowest BCUT2D eigenvalue weighted by atomic mass is 9.95. The van der Waals surface area contributed by atoms with Crippen LogP contribution in [0.2, 0.25) is 0 Å². The topological polar surface area (TPSA) is 58.4 Å². The Labute approximate surface area is 104 Å². The second kappa shape index (κ2) is 4.94. The number of piperidine rings is 1. The van der Waals surface area contributed by atoms with Crippen molar-refractivity contribution in [3.8, 4) is 0 Å². The normalized spacial score (nSPS) is 29.7. The first-order valence-electron chi connectivity index (χ1n) is 6.86. The number of nitrogens with zero attached hydrogens (tertiary/aromatic N) is 1. The predicted octanol–water partition coefficient (Wildman–Crippen LogP) is 0.714. The van der Waals surface area contributed by atoms with E-state index in [2.05, 4.69) is 17.1 Å². The largest absolute Gasteiger partial charge is 0.350 e. The number of amides is 1. The first-order chi connectivity index (χ1) is 8.04. The number of likely N-dealkylation sites (tertiary alicyclic amines) is 1. The van der Waals surface area contributed by atoms with Gasteiger partial charge in [-0.3, -0.25) is 4.79 Å². The van der Waals surface area contributed by atoms with Crippen LogP contribution < -0.4 is 11.1 Å². The van der Waals surface area contributed by atoms with Gasteiger partial charge in [0, 0.05) is 12.6 Å². The van der Waals surface area contributed by atoms with Crippen LogP contribution in [0.4, 0.5) is 0 Å². The molecule has 17 heavy (non-hydrogen) atoms. The molecule has 1 saturated heterocycles. The molecule has 1 aliphatic carbocycles. The maximum absolute atomic E-state index is 12.2. The molecule has 4 heteroatoms. The smallest absolute Gasteiger partial charge is 0.240 e. The Balaban J connectivity index is 1.85. The van der Waals surface area contributed by atoms with Gasteiger partial charge in [-0.25, -0.2) is 0 Å². The molecule has 0 radical (unpaired) electrons. The number of hydrogen-bond donors (Lipinski definition) is 2. The van der Waals surface area contributed by atoms with Crippen LogP contribution >= 0.6 is 0 Å². The minimum atomic E-state index is -0.658. The number of carbonyl (C=O) groups is 1.